The first-order valence-electron chi connectivity index (χ1n) is 11.4. The Morgan fingerprint density at radius 2 is 1.81 bits per heavy atom. The molecule has 0 radical (unpaired) electrons. The molecule has 12 heteroatoms. The number of alkyl halides is 3. The zero-order valence-corrected chi connectivity index (χ0v) is 20.6. The number of carbonyl (C=O) groups is 1. The summed E-state index contributed by atoms with van der Waals surface area (Å²) in [7, 11) is 1.90. The van der Waals surface area contributed by atoms with Crippen LogP contribution >= 0.6 is 0 Å². The average molecular weight is 504 g/mol. The van der Waals surface area contributed by atoms with Gasteiger partial charge in [0.05, 0.1) is 11.9 Å². The number of hydrogen-bond donors (Lipinski definition) is 2. The molecule has 1 aliphatic rings. The topological polar surface area (TPSA) is 109 Å². The van der Waals surface area contributed by atoms with E-state index >= 15 is 0 Å². The predicted octanol–water partition coefficient (Wildman–Crippen LogP) is 4.14. The fourth-order valence-corrected chi connectivity index (χ4v) is 4.82. The summed E-state index contributed by atoms with van der Waals surface area (Å²) in [5.41, 5.74) is 1.17. The van der Waals surface area contributed by atoms with Gasteiger partial charge in [0.15, 0.2) is 0 Å². The van der Waals surface area contributed by atoms with Crippen molar-refractivity contribution in [3.8, 4) is 28.3 Å². The first kappa shape index (κ1) is 25.5. The van der Waals surface area contributed by atoms with E-state index in [1.165, 1.54) is 24.5 Å². The van der Waals surface area contributed by atoms with Gasteiger partial charge in [-0.2, -0.15) is 18.3 Å². The van der Waals surface area contributed by atoms with Crippen LogP contribution in [0.3, 0.4) is 0 Å². The van der Waals surface area contributed by atoms with E-state index in [1.807, 2.05) is 11.9 Å². The van der Waals surface area contributed by atoms with E-state index in [0.717, 1.165) is 12.8 Å². The lowest BCUT2D eigenvalue weighted by Crippen LogP contribution is -2.62. The smallest absolute Gasteiger partial charge is 0.419 e. The highest BCUT2D eigenvalue weighted by Gasteiger charge is 2.42. The molecule has 0 saturated carbocycles. The van der Waals surface area contributed by atoms with Gasteiger partial charge < -0.3 is 15.0 Å². The summed E-state index contributed by atoms with van der Waals surface area (Å²) in [6.45, 7) is 8.59. The Bertz CT molecular complexity index is 1210. The maximum atomic E-state index is 12.9. The molecule has 4 rings (SSSR count). The molecule has 0 unspecified atom stereocenters. The number of H-pyrrole nitrogens is 1. The molecule has 36 heavy (non-hydrogen) atoms. The van der Waals surface area contributed by atoms with Crippen LogP contribution < -0.4 is 15.0 Å². The molecule has 1 aliphatic heterocycles. The van der Waals surface area contributed by atoms with Gasteiger partial charge in [-0.05, 0) is 58.7 Å². The third-order valence-electron chi connectivity index (χ3n) is 6.08. The van der Waals surface area contributed by atoms with E-state index in [1.54, 1.807) is 12.1 Å². The fourth-order valence-electron chi connectivity index (χ4n) is 4.82. The van der Waals surface area contributed by atoms with Gasteiger partial charge in [-0.1, -0.05) is 6.07 Å². The van der Waals surface area contributed by atoms with Gasteiger partial charge in [0.25, 0.3) is 0 Å². The molecule has 0 amide bonds. The molecule has 0 atom stereocenters. The van der Waals surface area contributed by atoms with Crippen LogP contribution in [-0.4, -0.2) is 61.7 Å². The molecule has 3 heterocycles. The first-order chi connectivity index (χ1) is 16.7. The summed E-state index contributed by atoms with van der Waals surface area (Å²) < 4.78 is 43.5. The Morgan fingerprint density at radius 1 is 1.11 bits per heavy atom. The van der Waals surface area contributed by atoms with E-state index in [9.17, 15) is 18.0 Å². The van der Waals surface area contributed by atoms with Gasteiger partial charge >= 0.3 is 12.1 Å². The first-order valence-corrected chi connectivity index (χ1v) is 11.4. The van der Waals surface area contributed by atoms with Crippen molar-refractivity contribution < 1.29 is 22.7 Å². The molecule has 192 valence electrons. The van der Waals surface area contributed by atoms with Gasteiger partial charge in [0.2, 0.25) is 5.95 Å². The predicted molar refractivity (Wildman–Crippen MR) is 127 cm³/mol. The normalized spacial score (nSPS) is 17.6. The maximum absolute atomic E-state index is 12.9. The van der Waals surface area contributed by atoms with E-state index in [0.29, 0.717) is 17.2 Å². The van der Waals surface area contributed by atoms with Gasteiger partial charge in [0, 0.05) is 41.5 Å². The monoisotopic (exact) mass is 503 g/mol. The number of piperidine rings is 1. The number of ether oxygens (including phenoxy) is 1. The van der Waals surface area contributed by atoms with Gasteiger partial charge in [-0.25, -0.2) is 9.78 Å². The van der Waals surface area contributed by atoms with Crippen molar-refractivity contribution in [2.45, 2.75) is 63.8 Å². The number of aromatic nitrogens is 5. The lowest BCUT2D eigenvalue weighted by molar-refractivity contribution is -0.189. The summed E-state index contributed by atoms with van der Waals surface area (Å²) in [5, 5.41) is 18.6. The molecule has 1 saturated heterocycles. The minimum absolute atomic E-state index is 0.0816. The number of hydrogen-bond acceptors (Lipinski definition) is 8. The van der Waals surface area contributed by atoms with Gasteiger partial charge in [-0.3, -0.25) is 5.10 Å². The standard InChI is InChI=1S/C24H28F3N7O2/c1-22(2)11-15(12-23(3,4)33-22)34(5)21-28-13-18(31-32-21)16-7-6-14(17-8-9-29-30-17)10-19(16)36-20(35)24(25,26)27/h6-10,13,15,33H,11-12H2,1-5H3,(H,29,30). The number of aromatic amines is 1. The van der Waals surface area contributed by atoms with Gasteiger partial charge in [-0.15, -0.1) is 10.2 Å². The average Bonchev–Trinajstić information content (AvgIpc) is 3.31. The third-order valence-corrected chi connectivity index (χ3v) is 6.08. The molecule has 1 fully saturated rings. The highest BCUT2D eigenvalue weighted by Crippen LogP contribution is 2.35. The number of halogens is 3. The van der Waals surface area contributed by atoms with Crippen molar-refractivity contribution in [2.75, 3.05) is 11.9 Å². The molecule has 3 aromatic rings. The SMILES string of the molecule is CN(c1ncc(-c2ccc(-c3ccn[nH]3)cc2OC(=O)C(F)(F)F)nn1)C1CC(C)(C)NC(C)(C)C1. The van der Waals surface area contributed by atoms with E-state index < -0.39 is 12.1 Å². The van der Waals surface area contributed by atoms with Crippen LogP contribution in [0.15, 0.2) is 36.7 Å². The van der Waals surface area contributed by atoms with Crippen LogP contribution in [-0.2, 0) is 4.79 Å². The minimum Gasteiger partial charge on any atom is -0.419 e. The van der Waals surface area contributed by atoms with Crippen LogP contribution in [0.5, 0.6) is 5.75 Å². The number of anilines is 1. The number of esters is 1. The third kappa shape index (κ3) is 5.64. The van der Waals surface area contributed by atoms with Crippen molar-refractivity contribution >= 4 is 11.9 Å². The van der Waals surface area contributed by atoms with Crippen LogP contribution in [0.25, 0.3) is 22.5 Å². The Kier molecular flexibility index (Phi) is 6.50. The summed E-state index contributed by atoms with van der Waals surface area (Å²) in [5.74, 6) is -2.26. The fraction of sp³-hybridized carbons (Fsp3) is 0.458. The lowest BCUT2D eigenvalue weighted by Gasteiger charge is -2.48. The Labute approximate surface area is 206 Å². The number of nitrogens with zero attached hydrogens (tertiary/aromatic N) is 5. The van der Waals surface area contributed by atoms with E-state index in [4.69, 9.17) is 4.74 Å². The molecule has 2 aromatic heterocycles. The summed E-state index contributed by atoms with van der Waals surface area (Å²) >= 11 is 0. The second-order valence-corrected chi connectivity index (χ2v) is 10.3. The van der Waals surface area contributed by atoms with Crippen molar-refractivity contribution in [1.29, 1.82) is 0 Å². The molecular weight excluding hydrogens is 475 g/mol. The minimum atomic E-state index is -5.16. The zero-order chi connectivity index (χ0) is 26.3. The van der Waals surface area contributed by atoms with Crippen LogP contribution in [0.1, 0.15) is 40.5 Å². The van der Waals surface area contributed by atoms with Crippen LogP contribution in [0.2, 0.25) is 0 Å². The molecule has 0 aliphatic carbocycles. The largest absolute Gasteiger partial charge is 0.491 e. The second-order valence-electron chi connectivity index (χ2n) is 10.3. The molecule has 2 N–H and O–H groups in total. The highest BCUT2D eigenvalue weighted by molar-refractivity contribution is 5.82. The molecule has 9 nitrogen and oxygen atoms in total. The van der Waals surface area contributed by atoms with E-state index in [2.05, 4.69) is 58.4 Å². The number of carbonyl (C=O) groups excluding carboxylic acids is 1. The molecule has 1 aromatic carbocycles. The van der Waals surface area contributed by atoms with Crippen molar-refractivity contribution in [3.05, 3.63) is 36.7 Å². The van der Waals surface area contributed by atoms with Crippen molar-refractivity contribution in [1.82, 2.24) is 30.7 Å². The maximum Gasteiger partial charge on any atom is 0.491 e. The number of rotatable bonds is 5. The Hall–Kier alpha value is -3.54. The summed E-state index contributed by atoms with van der Waals surface area (Å²) in [6, 6.07) is 6.25. The molecular formula is C24H28F3N7O2. The van der Waals surface area contributed by atoms with Crippen LogP contribution in [0, 0.1) is 0 Å². The van der Waals surface area contributed by atoms with E-state index in [-0.39, 0.29) is 34.1 Å². The Balaban J connectivity index is 1.63. The summed E-state index contributed by atoms with van der Waals surface area (Å²) in [6.07, 6.45) is -0.518. The zero-order valence-electron chi connectivity index (χ0n) is 20.6. The quantitative estimate of drug-likeness (QED) is 0.395. The number of benzene rings is 1. The van der Waals surface area contributed by atoms with Gasteiger partial charge in [0.1, 0.15) is 11.4 Å². The molecule has 0 bridgehead atoms. The highest BCUT2D eigenvalue weighted by atomic mass is 19.4. The van der Waals surface area contributed by atoms with Crippen molar-refractivity contribution in [3.63, 3.8) is 0 Å². The van der Waals surface area contributed by atoms with Crippen molar-refractivity contribution in [2.24, 2.45) is 0 Å². The lowest BCUT2D eigenvalue weighted by atomic mass is 9.79. The summed E-state index contributed by atoms with van der Waals surface area (Å²) in [4.78, 5) is 18.0. The second kappa shape index (κ2) is 9.16. The number of nitrogens with one attached hydrogen (secondary N) is 2. The molecule has 0 spiro atoms. The Morgan fingerprint density at radius 3 is 2.36 bits per heavy atom. The van der Waals surface area contributed by atoms with Crippen LogP contribution in [0.4, 0.5) is 19.1 Å².